The first kappa shape index (κ1) is 9.96. The molecule has 0 atom stereocenters. The molecule has 3 aromatic rings. The van der Waals surface area contributed by atoms with Crippen molar-refractivity contribution in [3.05, 3.63) is 52.3 Å². The zero-order valence-electron chi connectivity index (χ0n) is 9.12. The van der Waals surface area contributed by atoms with Gasteiger partial charge in [-0.2, -0.15) is 0 Å². The third kappa shape index (κ3) is 1.49. The van der Waals surface area contributed by atoms with Crippen LogP contribution in [-0.4, -0.2) is 9.97 Å². The van der Waals surface area contributed by atoms with Crippen molar-refractivity contribution < 1.29 is 4.39 Å². The zero-order chi connectivity index (χ0) is 12.0. The Labute approximate surface area is 95.9 Å². The lowest BCUT2D eigenvalue weighted by Gasteiger charge is -2.03. The number of hydrogen-bond acceptors (Lipinski definition) is 2. The Morgan fingerprint density at radius 1 is 1.24 bits per heavy atom. The molecular weight excluding hydrogens is 219 g/mol. The molecule has 0 aliphatic heterocycles. The monoisotopic (exact) mass is 228 g/mol. The normalized spacial score (nSPS) is 11.2. The fourth-order valence-corrected chi connectivity index (χ4v) is 2.06. The third-order valence-electron chi connectivity index (χ3n) is 2.77. The van der Waals surface area contributed by atoms with E-state index in [1.165, 1.54) is 12.1 Å². The number of aromatic nitrogens is 2. The van der Waals surface area contributed by atoms with E-state index < -0.39 is 0 Å². The first-order valence-electron chi connectivity index (χ1n) is 5.24. The number of fused-ring (bicyclic) bond motifs is 3. The molecule has 1 heterocycles. The van der Waals surface area contributed by atoms with Gasteiger partial charge in [-0.3, -0.25) is 4.79 Å². The predicted octanol–water partition coefficient (Wildman–Crippen LogP) is 2.52. The number of halogens is 1. The summed E-state index contributed by atoms with van der Waals surface area (Å²) in [5.74, 6) is 0.261. The Kier molecular flexibility index (Phi) is 1.98. The lowest BCUT2D eigenvalue weighted by Crippen LogP contribution is -2.10. The van der Waals surface area contributed by atoms with E-state index in [0.29, 0.717) is 22.1 Å². The lowest BCUT2D eigenvalue weighted by atomic mass is 10.1. The summed E-state index contributed by atoms with van der Waals surface area (Å²) in [5, 5.41) is 1.93. The number of aromatic amines is 1. The molecule has 0 saturated heterocycles. The lowest BCUT2D eigenvalue weighted by molar-refractivity contribution is 0.630. The van der Waals surface area contributed by atoms with Crippen molar-refractivity contribution in [3.8, 4) is 0 Å². The van der Waals surface area contributed by atoms with Crippen LogP contribution in [0.15, 0.2) is 35.1 Å². The summed E-state index contributed by atoms with van der Waals surface area (Å²) < 4.78 is 13.1. The van der Waals surface area contributed by atoms with Gasteiger partial charge in [-0.05, 0) is 35.9 Å². The van der Waals surface area contributed by atoms with Gasteiger partial charge >= 0.3 is 0 Å². The van der Waals surface area contributed by atoms with Crippen LogP contribution in [0.4, 0.5) is 4.39 Å². The van der Waals surface area contributed by atoms with Crippen molar-refractivity contribution in [1.82, 2.24) is 9.97 Å². The van der Waals surface area contributed by atoms with Gasteiger partial charge in [0.2, 0.25) is 0 Å². The zero-order valence-corrected chi connectivity index (χ0v) is 9.12. The average Bonchev–Trinajstić information content (AvgIpc) is 2.28. The number of nitrogens with one attached hydrogen (secondary N) is 1. The van der Waals surface area contributed by atoms with Crippen molar-refractivity contribution in [1.29, 1.82) is 0 Å². The molecule has 0 fully saturated rings. The van der Waals surface area contributed by atoms with Crippen LogP contribution in [-0.2, 0) is 0 Å². The molecule has 4 heteroatoms. The van der Waals surface area contributed by atoms with E-state index in [1.54, 1.807) is 25.1 Å². The minimum atomic E-state index is -0.312. The summed E-state index contributed by atoms with van der Waals surface area (Å²) in [6.07, 6.45) is 0. The summed E-state index contributed by atoms with van der Waals surface area (Å²) in [7, 11) is 0. The molecule has 1 aromatic heterocycles. The molecule has 0 saturated carbocycles. The topological polar surface area (TPSA) is 45.8 Å². The number of benzene rings is 2. The highest BCUT2D eigenvalue weighted by Crippen LogP contribution is 2.22. The van der Waals surface area contributed by atoms with E-state index in [2.05, 4.69) is 9.97 Å². The van der Waals surface area contributed by atoms with Crippen LogP contribution in [0.3, 0.4) is 0 Å². The second-order valence-electron chi connectivity index (χ2n) is 3.98. The third-order valence-corrected chi connectivity index (χ3v) is 2.77. The van der Waals surface area contributed by atoms with Crippen molar-refractivity contribution in [3.63, 3.8) is 0 Å². The molecule has 0 aliphatic carbocycles. The molecule has 0 aliphatic rings. The van der Waals surface area contributed by atoms with Gasteiger partial charge in [-0.15, -0.1) is 0 Å². The molecular formula is C13H9FN2O. The molecule has 3 nitrogen and oxygen atoms in total. The maximum absolute atomic E-state index is 13.1. The standard InChI is InChI=1S/C13H9FN2O/c1-7-15-11-5-2-8-6-9(14)3-4-10(8)12(11)13(17)16-7/h2-6H,1H3,(H,15,16,17). The van der Waals surface area contributed by atoms with Gasteiger partial charge in [0.25, 0.3) is 5.56 Å². The summed E-state index contributed by atoms with van der Waals surface area (Å²) in [6, 6.07) is 7.88. The maximum atomic E-state index is 13.1. The van der Waals surface area contributed by atoms with Gasteiger partial charge in [0.1, 0.15) is 11.6 Å². The van der Waals surface area contributed by atoms with Gasteiger partial charge in [0.05, 0.1) is 10.9 Å². The van der Waals surface area contributed by atoms with E-state index in [9.17, 15) is 9.18 Å². The maximum Gasteiger partial charge on any atom is 0.259 e. The Balaban J connectivity index is 2.60. The molecule has 0 amide bonds. The average molecular weight is 228 g/mol. The highest BCUT2D eigenvalue weighted by atomic mass is 19.1. The Hall–Kier alpha value is -2.23. The molecule has 2 aromatic carbocycles. The number of nitrogens with zero attached hydrogens (tertiary/aromatic N) is 1. The van der Waals surface area contributed by atoms with E-state index >= 15 is 0 Å². The molecule has 17 heavy (non-hydrogen) atoms. The smallest absolute Gasteiger partial charge is 0.259 e. The van der Waals surface area contributed by atoms with Crippen LogP contribution in [0.1, 0.15) is 5.82 Å². The minimum absolute atomic E-state index is 0.190. The van der Waals surface area contributed by atoms with Crippen LogP contribution in [0.5, 0.6) is 0 Å². The fraction of sp³-hybridized carbons (Fsp3) is 0.0769. The Morgan fingerprint density at radius 3 is 2.88 bits per heavy atom. The van der Waals surface area contributed by atoms with E-state index in [4.69, 9.17) is 0 Å². The van der Waals surface area contributed by atoms with E-state index in [0.717, 1.165) is 5.39 Å². The molecule has 0 radical (unpaired) electrons. The molecule has 0 spiro atoms. The van der Waals surface area contributed by atoms with Gasteiger partial charge in [0.15, 0.2) is 0 Å². The second kappa shape index (κ2) is 3.38. The van der Waals surface area contributed by atoms with Crippen molar-refractivity contribution in [2.45, 2.75) is 6.92 Å². The number of H-pyrrole nitrogens is 1. The fourth-order valence-electron chi connectivity index (χ4n) is 2.06. The second-order valence-corrected chi connectivity index (χ2v) is 3.98. The predicted molar refractivity (Wildman–Crippen MR) is 64.6 cm³/mol. The number of rotatable bonds is 0. The molecule has 1 N–H and O–H groups in total. The van der Waals surface area contributed by atoms with Gasteiger partial charge in [0, 0.05) is 0 Å². The Bertz CT molecular complexity index is 792. The van der Waals surface area contributed by atoms with E-state index in [-0.39, 0.29) is 11.4 Å². The number of hydrogen-bond donors (Lipinski definition) is 1. The summed E-state index contributed by atoms with van der Waals surface area (Å²) in [6.45, 7) is 1.73. The molecule has 84 valence electrons. The highest BCUT2D eigenvalue weighted by molar-refractivity contribution is 6.05. The Morgan fingerprint density at radius 2 is 2.06 bits per heavy atom. The first-order chi connectivity index (χ1) is 8.15. The highest BCUT2D eigenvalue weighted by Gasteiger charge is 2.06. The van der Waals surface area contributed by atoms with Gasteiger partial charge in [-0.25, -0.2) is 9.37 Å². The van der Waals surface area contributed by atoms with E-state index in [1.807, 2.05) is 0 Å². The summed E-state index contributed by atoms with van der Waals surface area (Å²) in [4.78, 5) is 18.8. The van der Waals surface area contributed by atoms with Gasteiger partial charge in [-0.1, -0.05) is 12.1 Å². The summed E-state index contributed by atoms with van der Waals surface area (Å²) >= 11 is 0. The van der Waals surface area contributed by atoms with Crippen LogP contribution in [0.2, 0.25) is 0 Å². The molecule has 3 rings (SSSR count). The van der Waals surface area contributed by atoms with Crippen LogP contribution in [0, 0.1) is 12.7 Å². The molecule has 0 bridgehead atoms. The minimum Gasteiger partial charge on any atom is -0.310 e. The van der Waals surface area contributed by atoms with Gasteiger partial charge < -0.3 is 4.98 Å². The van der Waals surface area contributed by atoms with Crippen LogP contribution in [0.25, 0.3) is 21.7 Å². The molecule has 0 unspecified atom stereocenters. The van der Waals surface area contributed by atoms with Crippen molar-refractivity contribution >= 4 is 21.7 Å². The SMILES string of the molecule is Cc1nc2ccc3cc(F)ccc3c2c(=O)[nH]1. The van der Waals surface area contributed by atoms with Crippen LogP contribution < -0.4 is 5.56 Å². The quantitative estimate of drug-likeness (QED) is 0.601. The van der Waals surface area contributed by atoms with Crippen molar-refractivity contribution in [2.75, 3.05) is 0 Å². The number of aryl methyl sites for hydroxylation is 1. The van der Waals surface area contributed by atoms with Crippen molar-refractivity contribution in [2.24, 2.45) is 0 Å². The largest absolute Gasteiger partial charge is 0.310 e. The van der Waals surface area contributed by atoms with Crippen LogP contribution >= 0.6 is 0 Å². The summed E-state index contributed by atoms with van der Waals surface area (Å²) in [5.41, 5.74) is 0.440. The first-order valence-corrected chi connectivity index (χ1v) is 5.24.